The summed E-state index contributed by atoms with van der Waals surface area (Å²) in [4.78, 5) is 12.0. The number of carbonyl (C=O) groups is 1. The highest BCUT2D eigenvalue weighted by Crippen LogP contribution is 2.21. The number of ether oxygens (including phenoxy) is 1. The van der Waals surface area contributed by atoms with Gasteiger partial charge in [-0.05, 0) is 37.1 Å². The first-order valence-electron chi connectivity index (χ1n) is 8.13. The van der Waals surface area contributed by atoms with E-state index in [1.165, 1.54) is 0 Å². The van der Waals surface area contributed by atoms with Gasteiger partial charge in [0.05, 0.1) is 19.1 Å². The van der Waals surface area contributed by atoms with Crippen LogP contribution in [0.15, 0.2) is 54.6 Å². The van der Waals surface area contributed by atoms with Crippen molar-refractivity contribution in [2.24, 2.45) is 0 Å². The summed E-state index contributed by atoms with van der Waals surface area (Å²) in [5.74, 6) is 0.609. The van der Waals surface area contributed by atoms with Gasteiger partial charge in [0, 0.05) is 12.6 Å². The molecule has 0 aliphatic carbocycles. The molecule has 4 heteroatoms. The standard InChI is InChI=1S/C20H25NO3/c1-14(20(23)17-7-5-4-6-8-17)21-13-19(15(2)22)16-9-11-18(24-3)12-10-16/h4-12,14,19-21,23H,13H2,1-3H3. The number of hydrogen-bond donors (Lipinski definition) is 2. The quantitative estimate of drug-likeness (QED) is 0.782. The molecule has 0 saturated carbocycles. The van der Waals surface area contributed by atoms with Crippen LogP contribution in [-0.2, 0) is 4.79 Å². The molecule has 0 radical (unpaired) electrons. The third-order valence-electron chi connectivity index (χ3n) is 4.27. The summed E-state index contributed by atoms with van der Waals surface area (Å²) in [7, 11) is 1.62. The van der Waals surface area contributed by atoms with Crippen LogP contribution in [0.3, 0.4) is 0 Å². The average Bonchev–Trinajstić information content (AvgIpc) is 2.62. The lowest BCUT2D eigenvalue weighted by Crippen LogP contribution is -2.36. The summed E-state index contributed by atoms with van der Waals surface area (Å²) < 4.78 is 5.15. The molecule has 2 aromatic carbocycles. The Morgan fingerprint density at radius 2 is 1.71 bits per heavy atom. The molecule has 0 bridgehead atoms. The number of carbonyl (C=O) groups excluding carboxylic acids is 1. The number of aliphatic hydroxyl groups is 1. The van der Waals surface area contributed by atoms with E-state index in [2.05, 4.69) is 5.32 Å². The minimum Gasteiger partial charge on any atom is -0.497 e. The fraction of sp³-hybridized carbons (Fsp3) is 0.350. The van der Waals surface area contributed by atoms with Crippen molar-refractivity contribution in [3.05, 3.63) is 65.7 Å². The molecular formula is C20H25NO3. The molecule has 2 aromatic rings. The van der Waals surface area contributed by atoms with Crippen LogP contribution in [-0.4, -0.2) is 30.6 Å². The number of rotatable bonds is 8. The van der Waals surface area contributed by atoms with Gasteiger partial charge in [0.15, 0.2) is 0 Å². The van der Waals surface area contributed by atoms with E-state index in [1.807, 2.05) is 61.5 Å². The minimum atomic E-state index is -0.616. The van der Waals surface area contributed by atoms with E-state index < -0.39 is 6.10 Å². The Bertz CT molecular complexity index is 640. The molecule has 3 unspecified atom stereocenters. The van der Waals surface area contributed by atoms with Crippen molar-refractivity contribution in [1.29, 1.82) is 0 Å². The van der Waals surface area contributed by atoms with Crippen molar-refractivity contribution in [3.63, 3.8) is 0 Å². The van der Waals surface area contributed by atoms with Crippen molar-refractivity contribution >= 4 is 5.78 Å². The molecule has 0 aromatic heterocycles. The fourth-order valence-electron chi connectivity index (χ4n) is 2.69. The number of ketones is 1. The Labute approximate surface area is 143 Å². The van der Waals surface area contributed by atoms with Crippen LogP contribution >= 0.6 is 0 Å². The Morgan fingerprint density at radius 1 is 1.08 bits per heavy atom. The number of nitrogens with one attached hydrogen (secondary N) is 1. The molecule has 0 saturated heterocycles. The first kappa shape index (κ1) is 18.2. The van der Waals surface area contributed by atoms with E-state index in [4.69, 9.17) is 4.74 Å². The zero-order valence-electron chi connectivity index (χ0n) is 14.4. The van der Waals surface area contributed by atoms with E-state index in [0.29, 0.717) is 6.54 Å². The lowest BCUT2D eigenvalue weighted by atomic mass is 9.94. The summed E-state index contributed by atoms with van der Waals surface area (Å²) >= 11 is 0. The van der Waals surface area contributed by atoms with Crippen LogP contribution in [0.1, 0.15) is 37.0 Å². The van der Waals surface area contributed by atoms with E-state index >= 15 is 0 Å². The molecule has 128 valence electrons. The van der Waals surface area contributed by atoms with Gasteiger partial charge < -0.3 is 15.2 Å². The van der Waals surface area contributed by atoms with E-state index in [0.717, 1.165) is 16.9 Å². The maximum absolute atomic E-state index is 12.0. The van der Waals surface area contributed by atoms with Crippen LogP contribution in [0.5, 0.6) is 5.75 Å². The number of Topliss-reactive ketones (excluding diaryl/α,β-unsaturated/α-hetero) is 1. The topological polar surface area (TPSA) is 58.6 Å². The Hall–Kier alpha value is -2.17. The molecule has 0 aliphatic rings. The second-order valence-corrected chi connectivity index (χ2v) is 5.99. The molecule has 0 fully saturated rings. The predicted molar refractivity (Wildman–Crippen MR) is 95.3 cm³/mol. The van der Waals surface area contributed by atoms with Crippen LogP contribution in [0.2, 0.25) is 0 Å². The van der Waals surface area contributed by atoms with Crippen molar-refractivity contribution < 1.29 is 14.6 Å². The normalized spacial score (nSPS) is 14.7. The fourth-order valence-corrected chi connectivity index (χ4v) is 2.69. The number of hydrogen-bond acceptors (Lipinski definition) is 4. The molecule has 24 heavy (non-hydrogen) atoms. The molecule has 4 nitrogen and oxygen atoms in total. The van der Waals surface area contributed by atoms with E-state index in [9.17, 15) is 9.90 Å². The van der Waals surface area contributed by atoms with Gasteiger partial charge in [-0.1, -0.05) is 42.5 Å². The maximum atomic E-state index is 12.0. The van der Waals surface area contributed by atoms with Crippen LogP contribution in [0, 0.1) is 0 Å². The predicted octanol–water partition coefficient (Wildman–Crippen LogP) is 3.08. The molecule has 0 aliphatic heterocycles. The summed E-state index contributed by atoms with van der Waals surface area (Å²) in [6.45, 7) is 3.99. The molecular weight excluding hydrogens is 302 g/mol. The third-order valence-corrected chi connectivity index (χ3v) is 4.27. The lowest BCUT2D eigenvalue weighted by molar-refractivity contribution is -0.118. The largest absolute Gasteiger partial charge is 0.497 e. The van der Waals surface area contributed by atoms with Gasteiger partial charge in [-0.25, -0.2) is 0 Å². The maximum Gasteiger partial charge on any atom is 0.138 e. The SMILES string of the molecule is COc1ccc(C(CNC(C)C(O)c2ccccc2)C(C)=O)cc1. The van der Waals surface area contributed by atoms with Crippen molar-refractivity contribution in [3.8, 4) is 5.75 Å². The molecule has 0 amide bonds. The molecule has 2 rings (SSSR count). The van der Waals surface area contributed by atoms with Crippen molar-refractivity contribution in [1.82, 2.24) is 5.32 Å². The summed E-state index contributed by atoms with van der Waals surface area (Å²) in [5.41, 5.74) is 1.80. The summed E-state index contributed by atoms with van der Waals surface area (Å²) in [6, 6.07) is 16.9. The van der Waals surface area contributed by atoms with Gasteiger partial charge in [-0.2, -0.15) is 0 Å². The first-order chi connectivity index (χ1) is 11.5. The van der Waals surface area contributed by atoms with Crippen molar-refractivity contribution in [2.75, 3.05) is 13.7 Å². The molecule has 0 spiro atoms. The van der Waals surface area contributed by atoms with Gasteiger partial charge in [0.2, 0.25) is 0 Å². The van der Waals surface area contributed by atoms with Crippen LogP contribution in [0.4, 0.5) is 0 Å². The summed E-state index contributed by atoms with van der Waals surface area (Å²) in [5, 5.41) is 13.7. The van der Waals surface area contributed by atoms with Gasteiger partial charge in [-0.15, -0.1) is 0 Å². The highest BCUT2D eigenvalue weighted by atomic mass is 16.5. The zero-order chi connectivity index (χ0) is 17.5. The third kappa shape index (κ3) is 4.66. The minimum absolute atomic E-state index is 0.0917. The highest BCUT2D eigenvalue weighted by molar-refractivity contribution is 5.83. The zero-order valence-corrected chi connectivity index (χ0v) is 14.4. The number of benzene rings is 2. The molecule has 0 heterocycles. The number of methoxy groups -OCH3 is 1. The highest BCUT2D eigenvalue weighted by Gasteiger charge is 2.21. The monoisotopic (exact) mass is 327 g/mol. The second kappa shape index (κ2) is 8.62. The summed E-state index contributed by atoms with van der Waals surface area (Å²) in [6.07, 6.45) is -0.616. The van der Waals surface area contributed by atoms with Crippen LogP contribution < -0.4 is 10.1 Å². The average molecular weight is 327 g/mol. The molecule has 2 N–H and O–H groups in total. The van der Waals surface area contributed by atoms with Gasteiger partial charge in [0.25, 0.3) is 0 Å². The van der Waals surface area contributed by atoms with Gasteiger partial charge in [-0.3, -0.25) is 4.79 Å². The smallest absolute Gasteiger partial charge is 0.138 e. The first-order valence-corrected chi connectivity index (χ1v) is 8.13. The lowest BCUT2D eigenvalue weighted by Gasteiger charge is -2.23. The second-order valence-electron chi connectivity index (χ2n) is 5.99. The number of aliphatic hydroxyl groups excluding tert-OH is 1. The van der Waals surface area contributed by atoms with E-state index in [-0.39, 0.29) is 17.7 Å². The van der Waals surface area contributed by atoms with Crippen LogP contribution in [0.25, 0.3) is 0 Å². The van der Waals surface area contributed by atoms with Crippen molar-refractivity contribution in [2.45, 2.75) is 31.9 Å². The Kier molecular flexibility index (Phi) is 6.53. The Balaban J connectivity index is 2.01. The van der Waals surface area contributed by atoms with Gasteiger partial charge in [0.1, 0.15) is 11.5 Å². The van der Waals surface area contributed by atoms with Gasteiger partial charge >= 0.3 is 0 Å². The van der Waals surface area contributed by atoms with E-state index in [1.54, 1.807) is 14.0 Å². The Morgan fingerprint density at radius 3 is 2.25 bits per heavy atom. The molecule has 3 atom stereocenters.